The van der Waals surface area contributed by atoms with Gasteiger partial charge in [-0.05, 0) is 43.2 Å². The Hall–Kier alpha value is -2.61. The van der Waals surface area contributed by atoms with Crippen LogP contribution in [0.4, 0.5) is 11.4 Å². The third-order valence-electron chi connectivity index (χ3n) is 3.29. The summed E-state index contributed by atoms with van der Waals surface area (Å²) in [6, 6.07) is 8.48. The number of nitrogens with one attached hydrogen (secondary N) is 1. The molecule has 0 heterocycles. The second kappa shape index (κ2) is 6.25. The Morgan fingerprint density at radius 3 is 2.43 bits per heavy atom. The van der Waals surface area contributed by atoms with Gasteiger partial charge in [-0.15, -0.1) is 0 Å². The molecule has 122 valence electrons. The van der Waals surface area contributed by atoms with Crippen LogP contribution in [0.2, 0.25) is 0 Å². The highest BCUT2D eigenvalue weighted by molar-refractivity contribution is 7.92. The Kier molecular flexibility index (Phi) is 4.55. The predicted octanol–water partition coefficient (Wildman–Crippen LogP) is 3.02. The third-order valence-corrected chi connectivity index (χ3v) is 4.81. The molecule has 0 aliphatic carbocycles. The number of nitro benzene ring substituents is 1. The molecule has 2 aromatic rings. The minimum absolute atomic E-state index is 0.0994. The topological polar surface area (TPSA) is 98.5 Å². The molecule has 2 rings (SSSR count). The fourth-order valence-corrected chi connectivity index (χ4v) is 3.53. The van der Waals surface area contributed by atoms with E-state index >= 15 is 0 Å². The summed E-state index contributed by atoms with van der Waals surface area (Å²) in [5.41, 5.74) is 1.14. The maximum atomic E-state index is 12.5. The molecule has 8 heteroatoms. The van der Waals surface area contributed by atoms with Crippen LogP contribution in [-0.4, -0.2) is 20.5 Å². The number of rotatable bonds is 5. The second-order valence-electron chi connectivity index (χ2n) is 5.00. The van der Waals surface area contributed by atoms with Crippen LogP contribution in [0.15, 0.2) is 41.3 Å². The van der Waals surface area contributed by atoms with Crippen molar-refractivity contribution in [3.8, 4) is 5.75 Å². The van der Waals surface area contributed by atoms with Gasteiger partial charge in [-0.1, -0.05) is 6.07 Å². The van der Waals surface area contributed by atoms with Gasteiger partial charge in [-0.3, -0.25) is 14.8 Å². The number of aryl methyl sites for hydroxylation is 2. The number of benzene rings is 2. The first-order valence-electron chi connectivity index (χ1n) is 6.67. The van der Waals surface area contributed by atoms with Crippen LogP contribution >= 0.6 is 0 Å². The molecular weight excluding hydrogens is 320 g/mol. The zero-order valence-corrected chi connectivity index (χ0v) is 13.7. The number of anilines is 1. The molecule has 23 heavy (non-hydrogen) atoms. The predicted molar refractivity (Wildman–Crippen MR) is 86.4 cm³/mol. The van der Waals surface area contributed by atoms with Crippen LogP contribution in [0.5, 0.6) is 5.75 Å². The molecule has 0 bridgehead atoms. The van der Waals surface area contributed by atoms with E-state index in [1.54, 1.807) is 19.9 Å². The quantitative estimate of drug-likeness (QED) is 0.668. The fraction of sp³-hybridized carbons (Fsp3) is 0.200. The van der Waals surface area contributed by atoms with Gasteiger partial charge in [0.2, 0.25) is 0 Å². The molecule has 0 spiro atoms. The fourth-order valence-electron chi connectivity index (χ4n) is 2.17. The lowest BCUT2D eigenvalue weighted by Crippen LogP contribution is -2.14. The largest absolute Gasteiger partial charge is 0.496 e. The van der Waals surface area contributed by atoms with Crippen molar-refractivity contribution >= 4 is 21.4 Å². The summed E-state index contributed by atoms with van der Waals surface area (Å²) in [7, 11) is -2.35. The summed E-state index contributed by atoms with van der Waals surface area (Å²) in [5, 5.41) is 10.8. The van der Waals surface area contributed by atoms with E-state index < -0.39 is 14.9 Å². The summed E-state index contributed by atoms with van der Waals surface area (Å²) in [5.74, 6) is 0.594. The number of non-ortho nitro benzene ring substituents is 1. The van der Waals surface area contributed by atoms with Crippen LogP contribution in [0.3, 0.4) is 0 Å². The minimum Gasteiger partial charge on any atom is -0.496 e. The van der Waals surface area contributed by atoms with Crippen molar-refractivity contribution in [1.29, 1.82) is 0 Å². The second-order valence-corrected chi connectivity index (χ2v) is 6.65. The van der Waals surface area contributed by atoms with Gasteiger partial charge in [0.1, 0.15) is 5.75 Å². The van der Waals surface area contributed by atoms with Gasteiger partial charge in [-0.2, -0.15) is 0 Å². The number of ether oxygens (including phenoxy) is 1. The number of sulfonamides is 1. The average Bonchev–Trinajstić information content (AvgIpc) is 2.48. The van der Waals surface area contributed by atoms with Crippen LogP contribution in [0.25, 0.3) is 0 Å². The molecule has 0 saturated carbocycles. The molecule has 0 aromatic heterocycles. The molecule has 0 atom stereocenters. The third kappa shape index (κ3) is 3.59. The maximum absolute atomic E-state index is 12.5. The molecule has 0 fully saturated rings. The smallest absolute Gasteiger partial charge is 0.271 e. The van der Waals surface area contributed by atoms with E-state index in [-0.39, 0.29) is 16.3 Å². The van der Waals surface area contributed by atoms with Crippen LogP contribution < -0.4 is 9.46 Å². The van der Waals surface area contributed by atoms with Gasteiger partial charge in [0, 0.05) is 12.1 Å². The Morgan fingerprint density at radius 1 is 1.13 bits per heavy atom. The normalized spacial score (nSPS) is 11.1. The molecule has 7 nitrogen and oxygen atoms in total. The zero-order chi connectivity index (χ0) is 17.2. The van der Waals surface area contributed by atoms with Gasteiger partial charge < -0.3 is 4.74 Å². The Labute approximate surface area is 134 Å². The zero-order valence-electron chi connectivity index (χ0n) is 12.9. The highest BCUT2D eigenvalue weighted by Crippen LogP contribution is 2.27. The summed E-state index contributed by atoms with van der Waals surface area (Å²) in [4.78, 5) is 10.3. The van der Waals surface area contributed by atoms with Gasteiger partial charge in [0.05, 0.1) is 22.6 Å². The van der Waals surface area contributed by atoms with E-state index in [2.05, 4.69) is 4.72 Å². The number of nitro groups is 1. The summed E-state index contributed by atoms with van der Waals surface area (Å²) >= 11 is 0. The van der Waals surface area contributed by atoms with Crippen molar-refractivity contribution in [3.63, 3.8) is 0 Å². The van der Waals surface area contributed by atoms with E-state index in [9.17, 15) is 18.5 Å². The van der Waals surface area contributed by atoms with Crippen molar-refractivity contribution in [2.75, 3.05) is 11.8 Å². The highest BCUT2D eigenvalue weighted by atomic mass is 32.2. The lowest BCUT2D eigenvalue weighted by molar-refractivity contribution is -0.384. The van der Waals surface area contributed by atoms with Crippen LogP contribution in [0.1, 0.15) is 11.1 Å². The van der Waals surface area contributed by atoms with E-state index in [1.807, 2.05) is 0 Å². The van der Waals surface area contributed by atoms with Crippen LogP contribution in [-0.2, 0) is 10.0 Å². The monoisotopic (exact) mass is 336 g/mol. The van der Waals surface area contributed by atoms with Gasteiger partial charge >= 0.3 is 0 Å². The van der Waals surface area contributed by atoms with Crippen molar-refractivity contribution in [2.24, 2.45) is 0 Å². The molecule has 1 N–H and O–H groups in total. The van der Waals surface area contributed by atoms with E-state index in [0.717, 1.165) is 0 Å². The van der Waals surface area contributed by atoms with Crippen molar-refractivity contribution < 1.29 is 18.1 Å². The summed E-state index contributed by atoms with van der Waals surface area (Å²) in [6.45, 7) is 3.40. The van der Waals surface area contributed by atoms with E-state index in [0.29, 0.717) is 16.9 Å². The SMILES string of the molecule is COc1cc(C)c(S(=O)(=O)Nc2cccc([N+](=O)[O-])c2)cc1C. The van der Waals surface area contributed by atoms with Gasteiger partial charge in [-0.25, -0.2) is 8.42 Å². The van der Waals surface area contributed by atoms with Crippen molar-refractivity contribution in [2.45, 2.75) is 18.7 Å². The highest BCUT2D eigenvalue weighted by Gasteiger charge is 2.19. The number of hydrogen-bond donors (Lipinski definition) is 1. The average molecular weight is 336 g/mol. The van der Waals surface area contributed by atoms with Gasteiger partial charge in [0.15, 0.2) is 0 Å². The molecule has 0 radical (unpaired) electrons. The number of nitrogens with zero attached hydrogens (tertiary/aromatic N) is 1. The first-order chi connectivity index (χ1) is 10.7. The molecule has 0 unspecified atom stereocenters. The maximum Gasteiger partial charge on any atom is 0.271 e. The first-order valence-corrected chi connectivity index (χ1v) is 8.15. The van der Waals surface area contributed by atoms with E-state index in [4.69, 9.17) is 4.74 Å². The lowest BCUT2D eigenvalue weighted by atomic mass is 10.1. The molecule has 0 amide bonds. The van der Waals surface area contributed by atoms with E-state index in [1.165, 1.54) is 37.4 Å². The van der Waals surface area contributed by atoms with Gasteiger partial charge in [0.25, 0.3) is 15.7 Å². The Bertz CT molecular complexity index is 862. The molecule has 2 aromatic carbocycles. The molecule has 0 aliphatic heterocycles. The van der Waals surface area contributed by atoms with Crippen LogP contribution in [0, 0.1) is 24.0 Å². The standard InChI is InChI=1S/C15H16N2O5S/c1-10-8-15(11(2)7-14(10)22-3)23(20,21)16-12-5-4-6-13(9-12)17(18)19/h4-9,16H,1-3H3. The molecule has 0 saturated heterocycles. The summed E-state index contributed by atoms with van der Waals surface area (Å²) < 4.78 is 32.6. The lowest BCUT2D eigenvalue weighted by Gasteiger charge is -2.13. The molecular formula is C15H16N2O5S. The minimum atomic E-state index is -3.86. The number of hydrogen-bond acceptors (Lipinski definition) is 5. The Morgan fingerprint density at radius 2 is 1.83 bits per heavy atom. The molecule has 0 aliphatic rings. The number of methoxy groups -OCH3 is 1. The summed E-state index contributed by atoms with van der Waals surface area (Å²) in [6.07, 6.45) is 0. The Balaban J connectivity index is 2.42. The van der Waals surface area contributed by atoms with Crippen molar-refractivity contribution in [1.82, 2.24) is 0 Å². The van der Waals surface area contributed by atoms with Crippen molar-refractivity contribution in [3.05, 3.63) is 57.6 Å². The first kappa shape index (κ1) is 16.8.